The van der Waals surface area contributed by atoms with E-state index < -0.39 is 5.79 Å². The summed E-state index contributed by atoms with van der Waals surface area (Å²) in [6, 6.07) is 0. The first-order valence-electron chi connectivity index (χ1n) is 6.84. The van der Waals surface area contributed by atoms with Crippen molar-refractivity contribution in [2.24, 2.45) is 0 Å². The fourth-order valence-corrected chi connectivity index (χ4v) is 3.11. The maximum atomic E-state index is 6.16. The van der Waals surface area contributed by atoms with E-state index in [2.05, 4.69) is 15.0 Å². The highest BCUT2D eigenvalue weighted by Crippen LogP contribution is 2.38. The highest BCUT2D eigenvalue weighted by Gasteiger charge is 2.45. The van der Waals surface area contributed by atoms with Gasteiger partial charge in [-0.1, -0.05) is 11.6 Å². The predicted octanol–water partition coefficient (Wildman–Crippen LogP) is 1.92. The molecule has 0 spiro atoms. The summed E-state index contributed by atoms with van der Waals surface area (Å²) >= 11 is 6.16. The minimum Gasteiger partial charge on any atom is -0.350 e. The molecule has 0 aromatic carbocycles. The molecule has 0 radical (unpaired) electrons. The van der Waals surface area contributed by atoms with Crippen LogP contribution in [0.4, 0.5) is 0 Å². The first kappa shape index (κ1) is 13.4. The van der Waals surface area contributed by atoms with Gasteiger partial charge in [-0.15, -0.1) is 0 Å². The third kappa shape index (κ3) is 2.20. The Hall–Kier alpha value is -1.28. The second kappa shape index (κ2) is 4.61. The zero-order valence-corrected chi connectivity index (χ0v) is 12.4. The molecule has 0 saturated carbocycles. The van der Waals surface area contributed by atoms with E-state index in [1.165, 1.54) is 6.33 Å². The molecule has 4 rings (SSSR count). The number of imidazole rings is 1. The van der Waals surface area contributed by atoms with Crippen molar-refractivity contribution < 1.29 is 14.2 Å². The number of hydrogen-bond donors (Lipinski definition) is 0. The van der Waals surface area contributed by atoms with E-state index in [-0.39, 0.29) is 18.4 Å². The van der Waals surface area contributed by atoms with Gasteiger partial charge in [-0.3, -0.25) is 4.57 Å². The van der Waals surface area contributed by atoms with E-state index in [1.54, 1.807) is 6.33 Å². The van der Waals surface area contributed by atoms with Crippen LogP contribution >= 0.6 is 11.6 Å². The zero-order chi connectivity index (χ0) is 14.6. The zero-order valence-electron chi connectivity index (χ0n) is 11.7. The summed E-state index contributed by atoms with van der Waals surface area (Å²) in [6.07, 6.45) is 3.51. The molecule has 21 heavy (non-hydrogen) atoms. The molecule has 2 aromatic rings. The van der Waals surface area contributed by atoms with Crippen molar-refractivity contribution in [1.82, 2.24) is 19.5 Å². The lowest BCUT2D eigenvalue weighted by Crippen LogP contribution is -2.46. The fraction of sp³-hybridized carbons (Fsp3) is 0.615. The molecule has 2 aromatic heterocycles. The van der Waals surface area contributed by atoms with E-state index in [1.807, 2.05) is 18.4 Å². The van der Waals surface area contributed by atoms with Crippen molar-refractivity contribution in [2.45, 2.75) is 44.5 Å². The van der Waals surface area contributed by atoms with Crippen LogP contribution in [0.1, 0.15) is 26.5 Å². The molecule has 0 aliphatic carbocycles. The van der Waals surface area contributed by atoms with Crippen molar-refractivity contribution in [3.05, 3.63) is 17.8 Å². The summed E-state index contributed by atoms with van der Waals surface area (Å²) in [5, 5.41) is 0.369. The van der Waals surface area contributed by atoms with Crippen molar-refractivity contribution in [3.63, 3.8) is 0 Å². The number of rotatable bonds is 1. The summed E-state index contributed by atoms with van der Waals surface area (Å²) in [5.74, 6) is -0.572. The normalized spacial score (nSPS) is 31.5. The van der Waals surface area contributed by atoms with Crippen LogP contribution in [-0.4, -0.2) is 44.1 Å². The highest BCUT2D eigenvalue weighted by atomic mass is 35.5. The minimum absolute atomic E-state index is 0.000365. The predicted molar refractivity (Wildman–Crippen MR) is 73.8 cm³/mol. The maximum Gasteiger partial charge on any atom is 0.182 e. The lowest BCUT2D eigenvalue weighted by molar-refractivity contribution is -0.293. The smallest absolute Gasteiger partial charge is 0.182 e. The second-order valence-electron chi connectivity index (χ2n) is 5.72. The van der Waals surface area contributed by atoms with Crippen molar-refractivity contribution >= 4 is 22.8 Å². The van der Waals surface area contributed by atoms with Gasteiger partial charge < -0.3 is 14.2 Å². The van der Waals surface area contributed by atoms with Crippen LogP contribution in [0.3, 0.4) is 0 Å². The molecule has 2 fully saturated rings. The molecule has 4 heterocycles. The number of halogens is 1. The summed E-state index contributed by atoms with van der Waals surface area (Å²) in [6.45, 7) is 4.34. The van der Waals surface area contributed by atoms with E-state index in [0.717, 1.165) is 0 Å². The molecule has 2 aliphatic heterocycles. The number of nitrogens with zero attached hydrogens (tertiary/aromatic N) is 4. The summed E-state index contributed by atoms with van der Waals surface area (Å²) in [4.78, 5) is 12.4. The molecule has 7 nitrogen and oxygen atoms in total. The number of hydrogen-bond acceptors (Lipinski definition) is 6. The molecule has 0 N–H and O–H groups in total. The SMILES string of the molecule is CC1(C)OC[C@H]2O[C@@H](n3cnc4ncnc(Cl)c43)C[C@H]2O1. The van der Waals surface area contributed by atoms with Gasteiger partial charge in [-0.2, -0.15) is 0 Å². The second-order valence-corrected chi connectivity index (χ2v) is 6.08. The molecule has 8 heteroatoms. The minimum atomic E-state index is -0.572. The molecule has 0 unspecified atom stereocenters. The largest absolute Gasteiger partial charge is 0.350 e. The first-order chi connectivity index (χ1) is 10.0. The monoisotopic (exact) mass is 310 g/mol. The van der Waals surface area contributed by atoms with Crippen molar-refractivity contribution in [1.29, 1.82) is 0 Å². The molecule has 0 amide bonds. The fourth-order valence-electron chi connectivity index (χ4n) is 2.88. The summed E-state index contributed by atoms with van der Waals surface area (Å²) < 4.78 is 19.4. The van der Waals surface area contributed by atoms with Gasteiger partial charge in [0.1, 0.15) is 24.2 Å². The van der Waals surface area contributed by atoms with Gasteiger partial charge in [0.05, 0.1) is 19.0 Å². The third-order valence-corrected chi connectivity index (χ3v) is 4.12. The van der Waals surface area contributed by atoms with Crippen LogP contribution in [0.15, 0.2) is 12.7 Å². The Bertz CT molecular complexity index is 689. The average Bonchev–Trinajstić information content (AvgIpc) is 3.01. The number of fused-ring (bicyclic) bond motifs is 2. The van der Waals surface area contributed by atoms with E-state index in [4.69, 9.17) is 25.8 Å². The van der Waals surface area contributed by atoms with Gasteiger partial charge in [0.2, 0.25) is 0 Å². The standard InChI is InChI=1S/C13H15ClN4O3/c1-13(2)19-4-8-7(21-13)3-9(20-8)18-6-17-12-10(18)11(14)15-5-16-12/h5-9H,3-4H2,1-2H3/t7-,8-,9-/m1/s1. The number of ether oxygens (including phenoxy) is 3. The van der Waals surface area contributed by atoms with Crippen molar-refractivity contribution in [3.8, 4) is 0 Å². The molecular weight excluding hydrogens is 296 g/mol. The molecule has 112 valence electrons. The van der Waals surface area contributed by atoms with Gasteiger partial charge in [-0.05, 0) is 13.8 Å². The Balaban J connectivity index is 1.66. The Morgan fingerprint density at radius 2 is 2.14 bits per heavy atom. The van der Waals surface area contributed by atoms with Crippen LogP contribution in [0.25, 0.3) is 11.2 Å². The lowest BCUT2D eigenvalue weighted by Gasteiger charge is -2.36. The van der Waals surface area contributed by atoms with Crippen LogP contribution in [0, 0.1) is 0 Å². The lowest BCUT2D eigenvalue weighted by atomic mass is 10.1. The van der Waals surface area contributed by atoms with Crippen LogP contribution in [-0.2, 0) is 14.2 Å². The van der Waals surface area contributed by atoms with E-state index >= 15 is 0 Å². The Morgan fingerprint density at radius 1 is 1.29 bits per heavy atom. The Labute approximate surface area is 126 Å². The quantitative estimate of drug-likeness (QED) is 0.749. The molecular formula is C13H15ClN4O3. The summed E-state index contributed by atoms with van der Waals surface area (Å²) in [7, 11) is 0. The van der Waals surface area contributed by atoms with Gasteiger partial charge >= 0.3 is 0 Å². The Morgan fingerprint density at radius 3 is 3.00 bits per heavy atom. The van der Waals surface area contributed by atoms with E-state index in [0.29, 0.717) is 29.3 Å². The van der Waals surface area contributed by atoms with E-state index in [9.17, 15) is 0 Å². The first-order valence-corrected chi connectivity index (χ1v) is 7.21. The average molecular weight is 311 g/mol. The molecule has 3 atom stereocenters. The van der Waals surface area contributed by atoms with Crippen LogP contribution in [0.2, 0.25) is 5.15 Å². The van der Waals surface area contributed by atoms with Gasteiger partial charge in [0, 0.05) is 6.42 Å². The number of aromatic nitrogens is 4. The van der Waals surface area contributed by atoms with Gasteiger partial charge in [0.25, 0.3) is 0 Å². The summed E-state index contributed by atoms with van der Waals surface area (Å²) in [5.41, 5.74) is 1.24. The Kier molecular flexibility index (Phi) is 2.94. The molecule has 0 bridgehead atoms. The van der Waals surface area contributed by atoms with Gasteiger partial charge in [-0.25, -0.2) is 15.0 Å². The third-order valence-electron chi connectivity index (χ3n) is 3.84. The highest BCUT2D eigenvalue weighted by molar-refractivity contribution is 6.33. The van der Waals surface area contributed by atoms with Crippen molar-refractivity contribution in [2.75, 3.05) is 6.61 Å². The molecule has 2 aliphatic rings. The van der Waals surface area contributed by atoms with Crippen LogP contribution in [0.5, 0.6) is 0 Å². The van der Waals surface area contributed by atoms with Crippen LogP contribution < -0.4 is 0 Å². The molecule has 2 saturated heterocycles. The maximum absolute atomic E-state index is 6.16. The topological polar surface area (TPSA) is 71.3 Å². The van der Waals surface area contributed by atoms with Gasteiger partial charge in [0.15, 0.2) is 16.6 Å².